The minimum atomic E-state index is -1.11. The molecule has 0 bridgehead atoms. The van der Waals surface area contributed by atoms with Crippen molar-refractivity contribution in [3.8, 4) is 12.1 Å². The van der Waals surface area contributed by atoms with Crippen LogP contribution in [0.4, 0.5) is 0 Å². The van der Waals surface area contributed by atoms with Gasteiger partial charge in [0.25, 0.3) is 0 Å². The summed E-state index contributed by atoms with van der Waals surface area (Å²) in [6.07, 6.45) is 11.9. The summed E-state index contributed by atoms with van der Waals surface area (Å²) < 4.78 is 0. The Hall–Kier alpha value is -2.84. The molecule has 2 nitrogen and oxygen atoms in total. The molecule has 0 unspecified atom stereocenters. The molecule has 3 aliphatic rings. The van der Waals surface area contributed by atoms with E-state index < -0.39 is 5.41 Å². The predicted octanol–water partition coefficient (Wildman–Crippen LogP) is 4.10. The highest BCUT2D eigenvalue weighted by Gasteiger charge is 2.52. The zero-order chi connectivity index (χ0) is 15.2. The quantitative estimate of drug-likeness (QED) is 0.719. The van der Waals surface area contributed by atoms with Crippen molar-refractivity contribution < 1.29 is 0 Å². The van der Waals surface area contributed by atoms with Crippen LogP contribution in [0.2, 0.25) is 0 Å². The van der Waals surface area contributed by atoms with E-state index in [0.717, 1.165) is 29.6 Å². The third-order valence-corrected chi connectivity index (χ3v) is 4.93. The van der Waals surface area contributed by atoms with Gasteiger partial charge in [-0.1, -0.05) is 54.6 Å². The molecule has 0 spiro atoms. The lowest BCUT2D eigenvalue weighted by atomic mass is 9.71. The van der Waals surface area contributed by atoms with Crippen molar-refractivity contribution in [3.63, 3.8) is 0 Å². The van der Waals surface area contributed by atoms with Crippen molar-refractivity contribution in [2.75, 3.05) is 0 Å². The number of benzene rings is 1. The summed E-state index contributed by atoms with van der Waals surface area (Å²) in [6.45, 7) is 0. The molecule has 0 saturated carbocycles. The van der Waals surface area contributed by atoms with E-state index in [4.69, 9.17) is 0 Å². The molecular weight excluding hydrogens is 268 g/mol. The van der Waals surface area contributed by atoms with Gasteiger partial charge in [-0.25, -0.2) is 0 Å². The molecule has 22 heavy (non-hydrogen) atoms. The first-order valence-corrected chi connectivity index (χ1v) is 7.51. The smallest absolute Gasteiger partial charge is 0.179 e. The van der Waals surface area contributed by atoms with Gasteiger partial charge in [0.15, 0.2) is 5.41 Å². The molecule has 1 atom stereocenters. The summed E-state index contributed by atoms with van der Waals surface area (Å²) in [6, 6.07) is 12.9. The number of rotatable bonds is 0. The zero-order valence-electron chi connectivity index (χ0n) is 12.1. The summed E-state index contributed by atoms with van der Waals surface area (Å²) >= 11 is 0. The molecule has 0 saturated heterocycles. The van der Waals surface area contributed by atoms with Crippen molar-refractivity contribution in [2.45, 2.75) is 12.8 Å². The fourth-order valence-corrected chi connectivity index (χ4v) is 3.97. The topological polar surface area (TPSA) is 47.6 Å². The van der Waals surface area contributed by atoms with E-state index in [0.29, 0.717) is 0 Å². The van der Waals surface area contributed by atoms with Gasteiger partial charge in [0, 0.05) is 5.92 Å². The summed E-state index contributed by atoms with van der Waals surface area (Å²) in [7, 11) is 0. The molecule has 4 rings (SSSR count). The Morgan fingerprint density at radius 2 is 1.82 bits per heavy atom. The highest BCUT2D eigenvalue weighted by molar-refractivity contribution is 5.89. The van der Waals surface area contributed by atoms with E-state index in [1.54, 1.807) is 0 Å². The van der Waals surface area contributed by atoms with Crippen LogP contribution in [0.25, 0.3) is 5.57 Å². The minimum Gasteiger partial charge on any atom is -0.196 e. The molecule has 104 valence electrons. The summed E-state index contributed by atoms with van der Waals surface area (Å²) in [4.78, 5) is 0. The van der Waals surface area contributed by atoms with E-state index in [2.05, 4.69) is 30.3 Å². The van der Waals surface area contributed by atoms with E-state index in [1.807, 2.05) is 36.4 Å². The van der Waals surface area contributed by atoms with Gasteiger partial charge < -0.3 is 0 Å². The average molecular weight is 282 g/mol. The van der Waals surface area contributed by atoms with Crippen LogP contribution in [0.1, 0.15) is 17.5 Å². The molecule has 0 aliphatic heterocycles. The third-order valence-electron chi connectivity index (χ3n) is 4.93. The Labute approximate surface area is 130 Å². The van der Waals surface area contributed by atoms with Crippen LogP contribution in [0, 0.1) is 34.0 Å². The lowest BCUT2D eigenvalue weighted by Gasteiger charge is -2.25. The molecule has 0 N–H and O–H groups in total. The van der Waals surface area contributed by atoms with Gasteiger partial charge in [-0.3, -0.25) is 0 Å². The van der Waals surface area contributed by atoms with Crippen LogP contribution in [-0.2, 0) is 6.42 Å². The molecule has 1 aromatic carbocycles. The number of hydrogen-bond acceptors (Lipinski definition) is 2. The number of hydrogen-bond donors (Lipinski definition) is 0. The fraction of sp³-hybridized carbons (Fsp3) is 0.200. The van der Waals surface area contributed by atoms with Gasteiger partial charge >= 0.3 is 0 Å². The van der Waals surface area contributed by atoms with E-state index in [-0.39, 0.29) is 5.92 Å². The number of fused-ring (bicyclic) bond motifs is 4. The van der Waals surface area contributed by atoms with E-state index in [9.17, 15) is 10.5 Å². The molecule has 0 aromatic heterocycles. The Morgan fingerprint density at radius 1 is 1.00 bits per heavy atom. The first-order valence-electron chi connectivity index (χ1n) is 7.51. The molecule has 3 aliphatic carbocycles. The van der Waals surface area contributed by atoms with Gasteiger partial charge in [0.1, 0.15) is 0 Å². The van der Waals surface area contributed by atoms with E-state index >= 15 is 0 Å². The van der Waals surface area contributed by atoms with E-state index in [1.165, 1.54) is 11.1 Å². The SMILES string of the molecule is N#CC1(C#N)C2=C(CCc3ccccc32)C2=CC=CC=C[C@H]21. The highest BCUT2D eigenvalue weighted by atomic mass is 14.5. The zero-order valence-corrected chi connectivity index (χ0v) is 12.1. The average Bonchev–Trinajstić information content (AvgIpc) is 2.71. The van der Waals surface area contributed by atoms with Crippen molar-refractivity contribution >= 4 is 5.57 Å². The summed E-state index contributed by atoms with van der Waals surface area (Å²) in [5.41, 5.74) is 4.49. The highest BCUT2D eigenvalue weighted by Crippen LogP contribution is 2.58. The third kappa shape index (κ3) is 1.47. The largest absolute Gasteiger partial charge is 0.196 e. The van der Waals surface area contributed by atoms with Gasteiger partial charge in [-0.2, -0.15) is 10.5 Å². The second-order valence-electron chi connectivity index (χ2n) is 5.91. The second-order valence-corrected chi connectivity index (χ2v) is 5.91. The van der Waals surface area contributed by atoms with Gasteiger partial charge in [0.2, 0.25) is 0 Å². The van der Waals surface area contributed by atoms with Crippen LogP contribution >= 0.6 is 0 Å². The Balaban J connectivity index is 2.07. The lowest BCUT2D eigenvalue weighted by molar-refractivity contribution is 0.578. The van der Waals surface area contributed by atoms with Crippen molar-refractivity contribution in [3.05, 3.63) is 76.9 Å². The molecular formula is C20H14N2. The molecule has 0 amide bonds. The maximum Gasteiger partial charge on any atom is 0.179 e. The number of aryl methyl sites for hydroxylation is 1. The number of nitrogens with zero attached hydrogens (tertiary/aromatic N) is 2. The molecule has 0 fully saturated rings. The molecule has 0 radical (unpaired) electrons. The first-order chi connectivity index (χ1) is 10.8. The van der Waals surface area contributed by atoms with Crippen molar-refractivity contribution in [2.24, 2.45) is 11.3 Å². The monoisotopic (exact) mass is 282 g/mol. The Kier molecular flexibility index (Phi) is 2.68. The number of nitriles is 2. The van der Waals surface area contributed by atoms with Crippen LogP contribution in [0.5, 0.6) is 0 Å². The Bertz CT molecular complexity index is 852. The Morgan fingerprint density at radius 3 is 2.64 bits per heavy atom. The summed E-state index contributed by atoms with van der Waals surface area (Å²) in [5.74, 6) is -0.173. The second kappa shape index (κ2) is 4.58. The van der Waals surface area contributed by atoms with Crippen LogP contribution in [-0.4, -0.2) is 0 Å². The minimum absolute atomic E-state index is 0.173. The normalized spacial score (nSPS) is 23.5. The van der Waals surface area contributed by atoms with Gasteiger partial charge in [-0.15, -0.1) is 0 Å². The molecule has 0 heterocycles. The van der Waals surface area contributed by atoms with Gasteiger partial charge in [0.05, 0.1) is 12.1 Å². The van der Waals surface area contributed by atoms with Crippen LogP contribution in [0.3, 0.4) is 0 Å². The van der Waals surface area contributed by atoms with Crippen LogP contribution < -0.4 is 0 Å². The molecule has 1 aromatic rings. The molecule has 2 heteroatoms. The number of allylic oxidation sites excluding steroid dienone is 8. The van der Waals surface area contributed by atoms with Crippen molar-refractivity contribution in [1.82, 2.24) is 0 Å². The standard InChI is InChI=1S/C20H14N2/c21-12-20(13-22)18-9-3-1-2-8-16(18)17-11-10-14-6-4-5-7-15(14)19(17)20/h1-9,18H,10-11H2/t18-/m1/s1. The lowest BCUT2D eigenvalue weighted by Crippen LogP contribution is -2.24. The fourth-order valence-electron chi connectivity index (χ4n) is 3.97. The first kappa shape index (κ1) is 12.9. The van der Waals surface area contributed by atoms with Crippen LogP contribution in [0.15, 0.2) is 65.8 Å². The maximum absolute atomic E-state index is 9.92. The summed E-state index contributed by atoms with van der Waals surface area (Å²) in [5, 5.41) is 19.8. The van der Waals surface area contributed by atoms with Crippen molar-refractivity contribution in [1.29, 1.82) is 10.5 Å². The predicted molar refractivity (Wildman–Crippen MR) is 85.2 cm³/mol. The maximum atomic E-state index is 9.92. The van der Waals surface area contributed by atoms with Gasteiger partial charge in [-0.05, 0) is 40.7 Å².